The summed E-state index contributed by atoms with van der Waals surface area (Å²) in [5.41, 5.74) is 0.955. The van der Waals surface area contributed by atoms with E-state index in [4.69, 9.17) is 0 Å². The molecule has 1 aliphatic heterocycles. The average molecular weight is 373 g/mol. The summed E-state index contributed by atoms with van der Waals surface area (Å²) in [6.07, 6.45) is 0.329. The number of carboxylic acid groups (broad SMARTS) is 1. The number of carboxylic acids is 1. The summed E-state index contributed by atoms with van der Waals surface area (Å²) in [5.74, 6) is -1.36. The van der Waals surface area contributed by atoms with Gasteiger partial charge in [0.1, 0.15) is 5.82 Å². The van der Waals surface area contributed by atoms with Gasteiger partial charge in [0.2, 0.25) is 5.91 Å². The Morgan fingerprint density at radius 1 is 1.08 bits per heavy atom. The summed E-state index contributed by atoms with van der Waals surface area (Å²) in [6.45, 7) is 0.677. The molecule has 1 saturated heterocycles. The van der Waals surface area contributed by atoms with Crippen LogP contribution in [0.5, 0.6) is 0 Å². The molecule has 0 spiro atoms. The van der Waals surface area contributed by atoms with Gasteiger partial charge in [-0.2, -0.15) is 0 Å². The minimum atomic E-state index is -0.866. The zero-order valence-electron chi connectivity index (χ0n) is 14.2. The van der Waals surface area contributed by atoms with E-state index in [9.17, 15) is 19.1 Å². The number of halogens is 1. The van der Waals surface area contributed by atoms with Crippen molar-refractivity contribution in [3.63, 3.8) is 0 Å². The number of carbonyl (C=O) groups excluding carboxylic acids is 1. The van der Waals surface area contributed by atoms with Crippen molar-refractivity contribution in [2.45, 2.75) is 17.2 Å². The topological polar surface area (TPSA) is 57.6 Å². The van der Waals surface area contributed by atoms with Crippen molar-refractivity contribution >= 4 is 23.6 Å². The highest BCUT2D eigenvalue weighted by molar-refractivity contribution is 7.99. The first kappa shape index (κ1) is 18.5. The van der Waals surface area contributed by atoms with Crippen LogP contribution in [0, 0.1) is 11.7 Å². The van der Waals surface area contributed by atoms with Crippen LogP contribution in [0.3, 0.4) is 0 Å². The molecule has 1 heterocycles. The normalized spacial score (nSPS) is 19.5. The van der Waals surface area contributed by atoms with Crippen molar-refractivity contribution in [1.29, 1.82) is 0 Å². The van der Waals surface area contributed by atoms with Gasteiger partial charge < -0.3 is 10.0 Å². The van der Waals surface area contributed by atoms with E-state index in [0.29, 0.717) is 18.7 Å². The van der Waals surface area contributed by atoms with E-state index >= 15 is 0 Å². The second kappa shape index (κ2) is 8.36. The molecule has 4 nitrogen and oxygen atoms in total. The fraction of sp³-hybridized carbons (Fsp3) is 0.300. The predicted molar refractivity (Wildman–Crippen MR) is 98.6 cm³/mol. The van der Waals surface area contributed by atoms with Crippen molar-refractivity contribution in [2.75, 3.05) is 18.8 Å². The van der Waals surface area contributed by atoms with Crippen LogP contribution in [0.4, 0.5) is 4.39 Å². The lowest BCUT2D eigenvalue weighted by Crippen LogP contribution is -2.30. The second-order valence-corrected chi connectivity index (χ2v) is 7.48. The van der Waals surface area contributed by atoms with Crippen molar-refractivity contribution in [1.82, 2.24) is 4.90 Å². The summed E-state index contributed by atoms with van der Waals surface area (Å²) < 4.78 is 12.9. The van der Waals surface area contributed by atoms with E-state index in [1.807, 2.05) is 30.3 Å². The van der Waals surface area contributed by atoms with Gasteiger partial charge in [0, 0.05) is 36.1 Å². The number of hydrogen-bond donors (Lipinski definition) is 1. The van der Waals surface area contributed by atoms with Gasteiger partial charge in [-0.1, -0.05) is 30.3 Å². The number of benzene rings is 2. The zero-order chi connectivity index (χ0) is 18.5. The Bertz CT molecular complexity index is 766. The van der Waals surface area contributed by atoms with Crippen LogP contribution < -0.4 is 0 Å². The number of likely N-dealkylation sites (tertiary alicyclic amines) is 1. The predicted octanol–water partition coefficient (Wildman–Crippen LogP) is 3.63. The van der Waals surface area contributed by atoms with Crippen LogP contribution in [0.25, 0.3) is 0 Å². The van der Waals surface area contributed by atoms with E-state index < -0.39 is 11.9 Å². The van der Waals surface area contributed by atoms with E-state index in [-0.39, 0.29) is 24.2 Å². The average Bonchev–Trinajstić information content (AvgIpc) is 3.10. The van der Waals surface area contributed by atoms with Gasteiger partial charge in [0.15, 0.2) is 0 Å². The first-order chi connectivity index (χ1) is 12.5. The number of aliphatic carboxylic acids is 1. The molecule has 1 N–H and O–H groups in total. The summed E-state index contributed by atoms with van der Waals surface area (Å²) >= 11 is 1.49. The molecule has 136 valence electrons. The standard InChI is InChI=1S/C20H20FNO3S/c21-15-6-8-16(9-7-15)26-11-10-19(23)22-12-17(18(13-22)20(24)25)14-4-2-1-3-5-14/h1-9,17-18H,10-13H2,(H,24,25). The molecule has 0 aliphatic carbocycles. The molecule has 1 amide bonds. The smallest absolute Gasteiger partial charge is 0.308 e. The quantitative estimate of drug-likeness (QED) is 0.786. The lowest BCUT2D eigenvalue weighted by atomic mass is 9.89. The first-order valence-corrected chi connectivity index (χ1v) is 9.47. The van der Waals surface area contributed by atoms with E-state index in [1.54, 1.807) is 17.0 Å². The Hall–Kier alpha value is -2.34. The monoisotopic (exact) mass is 373 g/mol. The molecule has 0 aromatic heterocycles. The van der Waals surface area contributed by atoms with Crippen molar-refractivity contribution in [2.24, 2.45) is 5.92 Å². The summed E-state index contributed by atoms with van der Waals surface area (Å²) in [6, 6.07) is 15.7. The fourth-order valence-corrected chi connectivity index (χ4v) is 4.08. The molecule has 0 saturated carbocycles. The van der Waals surface area contributed by atoms with Crippen molar-refractivity contribution in [3.8, 4) is 0 Å². The minimum Gasteiger partial charge on any atom is -0.481 e. The molecule has 3 rings (SSSR count). The lowest BCUT2D eigenvalue weighted by molar-refractivity contribution is -0.141. The maximum absolute atomic E-state index is 12.9. The molecule has 2 aromatic carbocycles. The Balaban J connectivity index is 1.57. The molecular weight excluding hydrogens is 353 g/mol. The number of nitrogens with zero attached hydrogens (tertiary/aromatic N) is 1. The molecule has 1 fully saturated rings. The number of rotatable bonds is 6. The molecule has 2 atom stereocenters. The van der Waals surface area contributed by atoms with Gasteiger partial charge in [-0.25, -0.2) is 4.39 Å². The van der Waals surface area contributed by atoms with Crippen LogP contribution >= 0.6 is 11.8 Å². The lowest BCUT2D eigenvalue weighted by Gasteiger charge is -2.16. The van der Waals surface area contributed by atoms with Crippen LogP contribution in [0.2, 0.25) is 0 Å². The van der Waals surface area contributed by atoms with Crippen LogP contribution in [0.1, 0.15) is 17.9 Å². The molecule has 6 heteroatoms. The van der Waals surface area contributed by atoms with Crippen LogP contribution in [-0.2, 0) is 9.59 Å². The molecule has 2 aromatic rings. The number of carbonyl (C=O) groups is 2. The highest BCUT2D eigenvalue weighted by Gasteiger charge is 2.40. The van der Waals surface area contributed by atoms with Gasteiger partial charge >= 0.3 is 5.97 Å². The van der Waals surface area contributed by atoms with Gasteiger partial charge in [-0.3, -0.25) is 9.59 Å². The minimum absolute atomic E-state index is 0.0377. The third kappa shape index (κ3) is 4.43. The molecule has 2 unspecified atom stereocenters. The Morgan fingerprint density at radius 3 is 2.42 bits per heavy atom. The molecule has 0 bridgehead atoms. The largest absolute Gasteiger partial charge is 0.481 e. The van der Waals surface area contributed by atoms with Gasteiger partial charge in [0.25, 0.3) is 0 Å². The summed E-state index contributed by atoms with van der Waals surface area (Å²) in [5, 5.41) is 9.52. The van der Waals surface area contributed by atoms with Gasteiger partial charge in [-0.05, 0) is 29.8 Å². The van der Waals surface area contributed by atoms with Gasteiger partial charge in [-0.15, -0.1) is 11.8 Å². The highest BCUT2D eigenvalue weighted by atomic mass is 32.2. The molecular formula is C20H20FNO3S. The zero-order valence-corrected chi connectivity index (χ0v) is 15.0. The van der Waals surface area contributed by atoms with Crippen LogP contribution in [0.15, 0.2) is 59.5 Å². The third-order valence-electron chi connectivity index (χ3n) is 4.62. The Morgan fingerprint density at radius 2 is 1.77 bits per heavy atom. The second-order valence-electron chi connectivity index (χ2n) is 6.31. The van der Waals surface area contributed by atoms with E-state index in [1.165, 1.54) is 23.9 Å². The first-order valence-electron chi connectivity index (χ1n) is 8.48. The number of thioether (sulfide) groups is 1. The van der Waals surface area contributed by atoms with Crippen LogP contribution in [-0.4, -0.2) is 40.7 Å². The Labute approximate surface area is 156 Å². The molecule has 26 heavy (non-hydrogen) atoms. The van der Waals surface area contributed by atoms with Gasteiger partial charge in [0.05, 0.1) is 5.92 Å². The number of hydrogen-bond acceptors (Lipinski definition) is 3. The SMILES string of the molecule is O=C(O)C1CN(C(=O)CCSc2ccc(F)cc2)CC1c1ccccc1. The maximum Gasteiger partial charge on any atom is 0.308 e. The molecule has 0 radical (unpaired) electrons. The third-order valence-corrected chi connectivity index (χ3v) is 5.63. The Kier molecular flexibility index (Phi) is 5.93. The fourth-order valence-electron chi connectivity index (χ4n) is 3.24. The maximum atomic E-state index is 12.9. The van der Waals surface area contributed by atoms with E-state index in [0.717, 1.165) is 10.5 Å². The van der Waals surface area contributed by atoms with E-state index in [2.05, 4.69) is 0 Å². The van der Waals surface area contributed by atoms with Crippen molar-refractivity contribution in [3.05, 3.63) is 66.0 Å². The summed E-state index contributed by atoms with van der Waals surface area (Å²) in [4.78, 5) is 26.7. The van der Waals surface area contributed by atoms with Crippen molar-refractivity contribution < 1.29 is 19.1 Å². The molecule has 1 aliphatic rings. The highest BCUT2D eigenvalue weighted by Crippen LogP contribution is 2.33. The summed E-state index contributed by atoms with van der Waals surface area (Å²) in [7, 11) is 0. The number of amides is 1.